The first-order chi connectivity index (χ1) is 7.63. The molecule has 0 spiro atoms. The molecule has 0 heterocycles. The molecule has 0 amide bonds. The van der Waals surface area contributed by atoms with E-state index in [0.29, 0.717) is 12.5 Å². The largest absolute Gasteiger partial charge is 0.489 e. The molecule has 0 aromatic heterocycles. The van der Waals surface area contributed by atoms with E-state index in [9.17, 15) is 0 Å². The highest BCUT2D eigenvalue weighted by molar-refractivity contribution is 6.50. The van der Waals surface area contributed by atoms with Gasteiger partial charge in [0.25, 0.3) is 0 Å². The Kier molecular flexibility index (Phi) is 3.46. The lowest BCUT2D eigenvalue weighted by atomic mass is 10.1. The highest BCUT2D eigenvalue weighted by Gasteiger charge is 2.51. The van der Waals surface area contributed by atoms with Gasteiger partial charge < -0.3 is 4.74 Å². The van der Waals surface area contributed by atoms with E-state index in [1.54, 1.807) is 6.08 Å². The third kappa shape index (κ3) is 2.72. The van der Waals surface area contributed by atoms with Crippen molar-refractivity contribution in [3.05, 3.63) is 42.5 Å². The second-order valence-corrected chi connectivity index (χ2v) is 5.62. The predicted molar refractivity (Wildman–Crippen MR) is 68.4 cm³/mol. The molecule has 1 fully saturated rings. The number of alkyl halides is 2. The molecular weight excluding hydrogens is 243 g/mol. The number of rotatable bonds is 5. The molecule has 0 bridgehead atoms. The molecule has 1 nitrogen and oxygen atoms in total. The van der Waals surface area contributed by atoms with Crippen molar-refractivity contribution < 1.29 is 4.74 Å². The number of ether oxygens (including phenoxy) is 1. The number of benzene rings is 1. The monoisotopic (exact) mass is 256 g/mol. The number of halogens is 2. The third-order valence-electron chi connectivity index (χ3n) is 2.75. The summed E-state index contributed by atoms with van der Waals surface area (Å²) in [6.07, 6.45) is 3.48. The first kappa shape index (κ1) is 11.8. The molecule has 1 atom stereocenters. The molecule has 86 valence electrons. The average Bonchev–Trinajstić information content (AvgIpc) is 2.85. The number of hydrogen-bond acceptors (Lipinski definition) is 1. The van der Waals surface area contributed by atoms with Gasteiger partial charge in [-0.25, -0.2) is 0 Å². The van der Waals surface area contributed by atoms with Crippen LogP contribution in [0.5, 0.6) is 5.75 Å². The van der Waals surface area contributed by atoms with Gasteiger partial charge in [-0.05, 0) is 30.4 Å². The highest BCUT2D eigenvalue weighted by atomic mass is 35.5. The van der Waals surface area contributed by atoms with Gasteiger partial charge in [0.15, 0.2) is 0 Å². The van der Waals surface area contributed by atoms with Crippen LogP contribution in [0.3, 0.4) is 0 Å². The lowest BCUT2D eigenvalue weighted by Crippen LogP contribution is -2.00. The second kappa shape index (κ2) is 4.68. The standard InChI is InChI=1S/C13H14Cl2O/c1-2-7-16-12-6-4-3-5-10(12)8-11-9-13(11,14)15/h2-6,11H,1,7-9H2/t11-/m1/s1. The minimum atomic E-state index is -0.522. The molecule has 1 aliphatic rings. The van der Waals surface area contributed by atoms with Crippen LogP contribution in [0.15, 0.2) is 36.9 Å². The van der Waals surface area contributed by atoms with Crippen LogP contribution in [0.2, 0.25) is 0 Å². The molecule has 3 heteroatoms. The minimum absolute atomic E-state index is 0.351. The van der Waals surface area contributed by atoms with E-state index in [1.807, 2.05) is 18.2 Å². The van der Waals surface area contributed by atoms with E-state index in [-0.39, 0.29) is 0 Å². The van der Waals surface area contributed by atoms with Crippen molar-refractivity contribution in [1.82, 2.24) is 0 Å². The molecule has 2 rings (SSSR count). The van der Waals surface area contributed by atoms with Gasteiger partial charge in [0.05, 0.1) is 0 Å². The smallest absolute Gasteiger partial charge is 0.122 e. The van der Waals surface area contributed by atoms with Crippen molar-refractivity contribution in [3.8, 4) is 5.75 Å². The molecule has 1 aliphatic carbocycles. The Bertz CT molecular complexity index is 387. The molecule has 0 saturated heterocycles. The van der Waals surface area contributed by atoms with E-state index in [4.69, 9.17) is 27.9 Å². The Morgan fingerprint density at radius 2 is 2.12 bits per heavy atom. The fourth-order valence-electron chi connectivity index (χ4n) is 1.72. The van der Waals surface area contributed by atoms with Crippen molar-refractivity contribution in [2.24, 2.45) is 5.92 Å². The summed E-state index contributed by atoms with van der Waals surface area (Å²) in [5, 5.41) is 0. The van der Waals surface area contributed by atoms with Crippen LogP contribution in [0, 0.1) is 5.92 Å². The van der Waals surface area contributed by atoms with Crippen molar-refractivity contribution >= 4 is 23.2 Å². The summed E-state index contributed by atoms with van der Waals surface area (Å²) in [7, 11) is 0. The van der Waals surface area contributed by atoms with Crippen LogP contribution in [-0.2, 0) is 6.42 Å². The van der Waals surface area contributed by atoms with Crippen LogP contribution in [0.4, 0.5) is 0 Å². The summed E-state index contributed by atoms with van der Waals surface area (Å²) in [5.41, 5.74) is 1.16. The maximum atomic E-state index is 6.02. The zero-order chi connectivity index (χ0) is 11.6. The summed E-state index contributed by atoms with van der Waals surface area (Å²) in [6, 6.07) is 7.98. The molecule has 0 unspecified atom stereocenters. The zero-order valence-electron chi connectivity index (χ0n) is 8.96. The first-order valence-corrected chi connectivity index (χ1v) is 6.08. The van der Waals surface area contributed by atoms with Gasteiger partial charge in [-0.3, -0.25) is 0 Å². The van der Waals surface area contributed by atoms with Gasteiger partial charge in [0.1, 0.15) is 16.7 Å². The zero-order valence-corrected chi connectivity index (χ0v) is 10.5. The average molecular weight is 257 g/mol. The quantitative estimate of drug-likeness (QED) is 0.572. The van der Waals surface area contributed by atoms with Gasteiger partial charge >= 0.3 is 0 Å². The molecule has 0 aliphatic heterocycles. The minimum Gasteiger partial charge on any atom is -0.489 e. The van der Waals surface area contributed by atoms with Crippen LogP contribution < -0.4 is 4.74 Å². The Labute approximate surface area is 106 Å². The Hall–Kier alpha value is -0.660. The van der Waals surface area contributed by atoms with E-state index in [1.165, 1.54) is 0 Å². The maximum Gasteiger partial charge on any atom is 0.122 e. The Balaban J connectivity index is 2.05. The highest BCUT2D eigenvalue weighted by Crippen LogP contribution is 2.55. The molecule has 0 radical (unpaired) electrons. The summed E-state index contributed by atoms with van der Waals surface area (Å²) in [6.45, 7) is 4.16. The van der Waals surface area contributed by atoms with Crippen LogP contribution in [-0.4, -0.2) is 10.9 Å². The third-order valence-corrected chi connectivity index (χ3v) is 3.68. The molecule has 16 heavy (non-hydrogen) atoms. The maximum absolute atomic E-state index is 6.02. The number of para-hydroxylation sites is 1. The predicted octanol–water partition coefficient (Wildman–Crippen LogP) is 3.99. The second-order valence-electron chi connectivity index (χ2n) is 4.07. The van der Waals surface area contributed by atoms with Crippen molar-refractivity contribution in [1.29, 1.82) is 0 Å². The van der Waals surface area contributed by atoms with Crippen molar-refractivity contribution in [2.45, 2.75) is 17.2 Å². The molecule has 1 aromatic carbocycles. The van der Waals surface area contributed by atoms with Gasteiger partial charge in [-0.1, -0.05) is 30.9 Å². The van der Waals surface area contributed by atoms with E-state index < -0.39 is 4.33 Å². The van der Waals surface area contributed by atoms with Crippen molar-refractivity contribution in [3.63, 3.8) is 0 Å². The van der Waals surface area contributed by atoms with Crippen LogP contribution in [0.1, 0.15) is 12.0 Å². The van der Waals surface area contributed by atoms with Gasteiger partial charge in [-0.2, -0.15) is 0 Å². The van der Waals surface area contributed by atoms with E-state index >= 15 is 0 Å². The first-order valence-electron chi connectivity index (χ1n) is 5.33. The summed E-state index contributed by atoms with van der Waals surface area (Å²) < 4.78 is 5.06. The SMILES string of the molecule is C=CCOc1ccccc1C[C@@H]1CC1(Cl)Cl. The van der Waals surface area contributed by atoms with Gasteiger partial charge in [0, 0.05) is 0 Å². The summed E-state index contributed by atoms with van der Waals surface area (Å²) in [5.74, 6) is 1.25. The normalized spacial score (nSPS) is 21.5. The fraction of sp³-hybridized carbons (Fsp3) is 0.385. The Morgan fingerprint density at radius 3 is 2.75 bits per heavy atom. The topological polar surface area (TPSA) is 9.23 Å². The van der Waals surface area contributed by atoms with Gasteiger partial charge in [-0.15, -0.1) is 23.2 Å². The van der Waals surface area contributed by atoms with E-state index in [2.05, 4.69) is 12.6 Å². The van der Waals surface area contributed by atoms with Crippen molar-refractivity contribution in [2.75, 3.05) is 6.61 Å². The molecular formula is C13H14Cl2O. The van der Waals surface area contributed by atoms with Crippen LogP contribution in [0.25, 0.3) is 0 Å². The van der Waals surface area contributed by atoms with Gasteiger partial charge in [0.2, 0.25) is 0 Å². The molecule has 0 N–H and O–H groups in total. The lowest BCUT2D eigenvalue weighted by molar-refractivity contribution is 0.358. The fourth-order valence-corrected chi connectivity index (χ4v) is 2.25. The molecule has 1 saturated carbocycles. The lowest BCUT2D eigenvalue weighted by Gasteiger charge is -2.09. The van der Waals surface area contributed by atoms with E-state index in [0.717, 1.165) is 24.2 Å². The molecule has 1 aromatic rings. The summed E-state index contributed by atoms with van der Waals surface area (Å²) in [4.78, 5) is 0. The Morgan fingerprint density at radius 1 is 1.44 bits per heavy atom. The number of hydrogen-bond donors (Lipinski definition) is 0. The van der Waals surface area contributed by atoms with Crippen LogP contribution >= 0.6 is 23.2 Å². The summed E-state index contributed by atoms with van der Waals surface area (Å²) >= 11 is 12.0.